The van der Waals surface area contributed by atoms with Crippen molar-refractivity contribution in [1.82, 2.24) is 4.37 Å². The lowest BCUT2D eigenvalue weighted by atomic mass is 10.1. The van der Waals surface area contributed by atoms with Gasteiger partial charge in [-0.1, -0.05) is 18.2 Å². The molecule has 0 saturated heterocycles. The average Bonchev–Trinajstić information content (AvgIpc) is 2.83. The number of hydrogen-bond acceptors (Lipinski definition) is 6. The maximum Gasteiger partial charge on any atom is 0.414 e. The maximum absolute atomic E-state index is 11.7. The fourth-order valence-electron chi connectivity index (χ4n) is 1.47. The summed E-state index contributed by atoms with van der Waals surface area (Å²) >= 11 is 0.743. The van der Waals surface area contributed by atoms with Crippen LogP contribution in [0.3, 0.4) is 0 Å². The van der Waals surface area contributed by atoms with Crippen molar-refractivity contribution in [3.63, 3.8) is 0 Å². The van der Waals surface area contributed by atoms with Gasteiger partial charge in [-0.15, -0.1) is 4.37 Å². The van der Waals surface area contributed by atoms with Crippen LogP contribution in [0.25, 0.3) is 12.2 Å². The molecule has 0 aliphatic rings. The molecule has 0 spiro atoms. The molecule has 0 aliphatic carbocycles. The summed E-state index contributed by atoms with van der Waals surface area (Å²) in [5.74, 6) is -0.170. The van der Waals surface area contributed by atoms with E-state index in [1.165, 1.54) is 6.08 Å². The van der Waals surface area contributed by atoms with E-state index >= 15 is 0 Å². The van der Waals surface area contributed by atoms with E-state index in [2.05, 4.69) is 4.37 Å². The molecular formula is C13H11NO4S. The number of carbonyl (C=O) groups excluding carboxylic acids is 1. The topological polar surface area (TPSA) is 69.4 Å². The van der Waals surface area contributed by atoms with Crippen LogP contribution in [-0.2, 0) is 4.74 Å². The Morgan fingerprint density at radius 2 is 2.21 bits per heavy atom. The fourth-order valence-corrected chi connectivity index (χ4v) is 1.85. The molecule has 5 nitrogen and oxygen atoms in total. The summed E-state index contributed by atoms with van der Waals surface area (Å²) in [6.07, 6.45) is 3.19. The predicted octanol–water partition coefficient (Wildman–Crippen LogP) is 2.44. The normalized spacial score (nSPS) is 10.8. The average molecular weight is 277 g/mol. The van der Waals surface area contributed by atoms with Gasteiger partial charge in [-0.3, -0.25) is 0 Å². The molecule has 19 heavy (non-hydrogen) atoms. The molecule has 1 heterocycles. The Balaban J connectivity index is 2.27. The minimum absolute atomic E-state index is 0.216. The van der Waals surface area contributed by atoms with Gasteiger partial charge in [-0.25, -0.2) is 9.59 Å². The van der Waals surface area contributed by atoms with Crippen LogP contribution in [0.15, 0.2) is 33.5 Å². The van der Waals surface area contributed by atoms with E-state index in [1.807, 2.05) is 0 Å². The summed E-state index contributed by atoms with van der Waals surface area (Å²) in [7, 11) is 0. The number of rotatable bonds is 4. The molecule has 98 valence electrons. The summed E-state index contributed by atoms with van der Waals surface area (Å²) in [6, 6.07) is 7.01. The number of aromatic nitrogens is 1. The van der Waals surface area contributed by atoms with E-state index in [4.69, 9.17) is 9.15 Å². The Bertz CT molecular complexity index is 656. The van der Waals surface area contributed by atoms with Crippen LogP contribution in [0.1, 0.15) is 28.7 Å². The Hall–Kier alpha value is -2.21. The molecule has 6 heteroatoms. The van der Waals surface area contributed by atoms with Crippen molar-refractivity contribution in [1.29, 1.82) is 0 Å². The molecule has 0 aliphatic heterocycles. The predicted molar refractivity (Wildman–Crippen MR) is 72.0 cm³/mol. The molecule has 1 aromatic heterocycles. The van der Waals surface area contributed by atoms with E-state index in [0.717, 1.165) is 11.5 Å². The molecule has 0 N–H and O–H groups in total. The molecule has 0 unspecified atom stereocenters. The fraction of sp³-hybridized carbons (Fsp3) is 0.154. The van der Waals surface area contributed by atoms with Crippen LogP contribution in [0.2, 0.25) is 0 Å². The zero-order chi connectivity index (χ0) is 13.7. The standard InChI is InChI=1S/C13H11NO4S/c1-2-17-12(15)10-6-4-3-5-9(10)7-8-11-14-19-13(16)18-11/h3-8H,2H2,1H3/b8-7+. The number of esters is 1. The second kappa shape index (κ2) is 6.10. The van der Waals surface area contributed by atoms with Gasteiger partial charge in [-0.05, 0) is 24.6 Å². The second-order valence-electron chi connectivity index (χ2n) is 3.51. The molecule has 0 amide bonds. The maximum atomic E-state index is 11.7. The SMILES string of the molecule is CCOC(=O)c1ccccc1/C=C/c1nsc(=O)o1. The molecule has 1 aromatic carbocycles. The van der Waals surface area contributed by atoms with Gasteiger partial charge < -0.3 is 9.15 Å². The van der Waals surface area contributed by atoms with E-state index in [-0.39, 0.29) is 11.9 Å². The van der Waals surface area contributed by atoms with Gasteiger partial charge in [0.15, 0.2) is 0 Å². The quantitative estimate of drug-likeness (QED) is 0.803. The third-order valence-electron chi connectivity index (χ3n) is 2.26. The van der Waals surface area contributed by atoms with Gasteiger partial charge in [-0.2, -0.15) is 0 Å². The molecule has 0 radical (unpaired) electrons. The summed E-state index contributed by atoms with van der Waals surface area (Å²) in [5, 5.41) is 0. The largest absolute Gasteiger partial charge is 0.462 e. The number of ether oxygens (including phenoxy) is 1. The third kappa shape index (κ3) is 3.38. The number of benzene rings is 1. The summed E-state index contributed by atoms with van der Waals surface area (Å²) in [5.41, 5.74) is 1.13. The van der Waals surface area contributed by atoms with Crippen LogP contribution in [0.5, 0.6) is 0 Å². The number of hydrogen-bond donors (Lipinski definition) is 0. The van der Waals surface area contributed by atoms with Crippen molar-refractivity contribution >= 4 is 29.7 Å². The van der Waals surface area contributed by atoms with Crippen LogP contribution in [0, 0.1) is 0 Å². The highest BCUT2D eigenvalue weighted by Gasteiger charge is 2.09. The van der Waals surface area contributed by atoms with Crippen molar-refractivity contribution in [2.75, 3.05) is 6.61 Å². The highest BCUT2D eigenvalue weighted by Crippen LogP contribution is 2.13. The summed E-state index contributed by atoms with van der Waals surface area (Å²) < 4.78 is 13.6. The minimum Gasteiger partial charge on any atom is -0.462 e. The second-order valence-corrected chi connectivity index (χ2v) is 4.21. The first-order valence-corrected chi connectivity index (χ1v) is 6.39. The minimum atomic E-state index is -0.460. The van der Waals surface area contributed by atoms with Crippen molar-refractivity contribution in [2.45, 2.75) is 6.92 Å². The Labute approximate surface area is 113 Å². The summed E-state index contributed by atoms with van der Waals surface area (Å²) in [4.78, 5) is 22.1. The molecular weight excluding hydrogens is 266 g/mol. The highest BCUT2D eigenvalue weighted by atomic mass is 32.1. The van der Waals surface area contributed by atoms with Crippen LogP contribution in [0.4, 0.5) is 0 Å². The first-order valence-electron chi connectivity index (χ1n) is 5.61. The Kier molecular flexibility index (Phi) is 4.25. The monoisotopic (exact) mass is 277 g/mol. The van der Waals surface area contributed by atoms with Gasteiger partial charge in [0.1, 0.15) is 0 Å². The van der Waals surface area contributed by atoms with Crippen molar-refractivity contribution in [3.8, 4) is 0 Å². The van der Waals surface area contributed by atoms with E-state index in [0.29, 0.717) is 17.7 Å². The first-order chi connectivity index (χ1) is 9.20. The molecule has 2 aromatic rings. The van der Waals surface area contributed by atoms with Gasteiger partial charge in [0.25, 0.3) is 0 Å². The molecule has 2 rings (SSSR count). The van der Waals surface area contributed by atoms with Crippen LogP contribution in [-0.4, -0.2) is 16.9 Å². The third-order valence-corrected chi connectivity index (χ3v) is 2.76. The lowest BCUT2D eigenvalue weighted by molar-refractivity contribution is 0.0526. The number of nitrogens with zero attached hydrogens (tertiary/aromatic N) is 1. The van der Waals surface area contributed by atoms with E-state index in [1.54, 1.807) is 37.3 Å². The van der Waals surface area contributed by atoms with Crippen LogP contribution < -0.4 is 4.94 Å². The first kappa shape index (κ1) is 13.2. The van der Waals surface area contributed by atoms with Crippen molar-refractivity contribution < 1.29 is 13.9 Å². The lowest BCUT2D eigenvalue weighted by Crippen LogP contribution is -2.06. The van der Waals surface area contributed by atoms with Crippen molar-refractivity contribution in [3.05, 3.63) is 51.0 Å². The number of carbonyl (C=O) groups is 1. The smallest absolute Gasteiger partial charge is 0.414 e. The zero-order valence-corrected chi connectivity index (χ0v) is 11.0. The highest BCUT2D eigenvalue weighted by molar-refractivity contribution is 7.02. The molecule has 0 bridgehead atoms. The molecule has 0 fully saturated rings. The van der Waals surface area contributed by atoms with Gasteiger partial charge in [0.05, 0.1) is 23.7 Å². The van der Waals surface area contributed by atoms with Crippen LogP contribution >= 0.6 is 11.5 Å². The van der Waals surface area contributed by atoms with E-state index < -0.39 is 4.94 Å². The van der Waals surface area contributed by atoms with Gasteiger partial charge >= 0.3 is 10.9 Å². The Morgan fingerprint density at radius 1 is 1.42 bits per heavy atom. The molecule has 0 atom stereocenters. The lowest BCUT2D eigenvalue weighted by Gasteiger charge is -2.04. The van der Waals surface area contributed by atoms with Gasteiger partial charge in [0.2, 0.25) is 5.89 Å². The van der Waals surface area contributed by atoms with E-state index in [9.17, 15) is 9.59 Å². The summed E-state index contributed by atoms with van der Waals surface area (Å²) in [6.45, 7) is 2.07. The molecule has 0 saturated carbocycles. The van der Waals surface area contributed by atoms with Crippen molar-refractivity contribution in [2.24, 2.45) is 0 Å². The van der Waals surface area contributed by atoms with Gasteiger partial charge in [0, 0.05) is 6.08 Å². The zero-order valence-electron chi connectivity index (χ0n) is 10.2. The Morgan fingerprint density at radius 3 is 2.89 bits per heavy atom.